The third kappa shape index (κ3) is 6.08. The zero-order chi connectivity index (χ0) is 14.8. The van der Waals surface area contributed by atoms with Gasteiger partial charge >= 0.3 is 0 Å². The Morgan fingerprint density at radius 2 is 2.00 bits per heavy atom. The molecule has 0 saturated carbocycles. The lowest BCUT2D eigenvalue weighted by Gasteiger charge is -2.04. The smallest absolute Gasteiger partial charge is 0.0697 e. The van der Waals surface area contributed by atoms with Gasteiger partial charge < -0.3 is 15.2 Å². The molecule has 0 aliphatic rings. The molecule has 114 valence electrons. The van der Waals surface area contributed by atoms with Crippen molar-refractivity contribution in [2.24, 2.45) is 0 Å². The monoisotopic (exact) mass is 289 g/mol. The molecule has 21 heavy (non-hydrogen) atoms. The normalized spacial score (nSPS) is 10.9. The third-order valence-corrected chi connectivity index (χ3v) is 3.08. The summed E-state index contributed by atoms with van der Waals surface area (Å²) in [6.07, 6.45) is 4.92. The highest BCUT2D eigenvalue weighted by Gasteiger charge is 1.99. The second-order valence-corrected chi connectivity index (χ2v) is 4.90. The van der Waals surface area contributed by atoms with E-state index in [1.807, 2.05) is 29.1 Å². The van der Waals surface area contributed by atoms with Crippen molar-refractivity contribution in [3.63, 3.8) is 0 Å². The summed E-state index contributed by atoms with van der Waals surface area (Å²) in [5.41, 5.74) is 2.43. The van der Waals surface area contributed by atoms with E-state index in [1.54, 1.807) is 0 Å². The molecule has 0 bridgehead atoms. The molecule has 0 amide bonds. The first-order valence-electron chi connectivity index (χ1n) is 7.33. The maximum absolute atomic E-state index is 8.58. The van der Waals surface area contributed by atoms with Gasteiger partial charge in [-0.2, -0.15) is 5.10 Å². The number of aliphatic hydroxyl groups is 1. The van der Waals surface area contributed by atoms with Crippen molar-refractivity contribution in [3.8, 4) is 0 Å². The van der Waals surface area contributed by atoms with Crippen molar-refractivity contribution in [2.75, 3.05) is 26.4 Å². The number of ether oxygens (including phenoxy) is 1. The van der Waals surface area contributed by atoms with Crippen LogP contribution in [0, 0.1) is 0 Å². The van der Waals surface area contributed by atoms with Crippen molar-refractivity contribution in [1.82, 2.24) is 15.1 Å². The largest absolute Gasteiger partial charge is 0.394 e. The summed E-state index contributed by atoms with van der Waals surface area (Å²) in [6, 6.07) is 10.3. The predicted octanol–water partition coefficient (Wildman–Crippen LogP) is 1.42. The number of hydrogen-bond donors (Lipinski definition) is 2. The second-order valence-electron chi connectivity index (χ2n) is 4.90. The number of rotatable bonds is 10. The SMILES string of the molecule is OCCOCCCNCc1cnn(Cc2ccccc2)c1. The predicted molar refractivity (Wildman–Crippen MR) is 82.0 cm³/mol. The van der Waals surface area contributed by atoms with Gasteiger partial charge in [0.15, 0.2) is 0 Å². The molecule has 1 aromatic heterocycles. The molecule has 0 unspecified atom stereocenters. The Balaban J connectivity index is 1.64. The van der Waals surface area contributed by atoms with Crippen LogP contribution in [0.25, 0.3) is 0 Å². The minimum absolute atomic E-state index is 0.0913. The summed E-state index contributed by atoms with van der Waals surface area (Å²) in [4.78, 5) is 0. The summed E-state index contributed by atoms with van der Waals surface area (Å²) < 4.78 is 7.15. The van der Waals surface area contributed by atoms with E-state index in [0.29, 0.717) is 13.2 Å². The van der Waals surface area contributed by atoms with Gasteiger partial charge in [0.2, 0.25) is 0 Å². The first-order valence-corrected chi connectivity index (χ1v) is 7.33. The molecule has 2 N–H and O–H groups in total. The molecule has 0 aliphatic carbocycles. The number of aliphatic hydroxyl groups excluding tert-OH is 1. The van der Waals surface area contributed by atoms with Crippen LogP contribution < -0.4 is 5.32 Å². The van der Waals surface area contributed by atoms with Gasteiger partial charge in [-0.15, -0.1) is 0 Å². The van der Waals surface area contributed by atoms with Crippen LogP contribution in [0.15, 0.2) is 42.7 Å². The fourth-order valence-electron chi connectivity index (χ4n) is 2.05. The Morgan fingerprint density at radius 3 is 2.81 bits per heavy atom. The topological polar surface area (TPSA) is 59.3 Å². The fraction of sp³-hybridized carbons (Fsp3) is 0.438. The second kappa shape index (κ2) is 9.28. The minimum Gasteiger partial charge on any atom is -0.394 e. The standard InChI is InChI=1S/C16H23N3O2/c20-8-10-21-9-4-7-17-11-16-12-18-19(14-16)13-15-5-2-1-3-6-15/h1-3,5-6,12,14,17,20H,4,7-11,13H2. The zero-order valence-electron chi connectivity index (χ0n) is 12.2. The van der Waals surface area contributed by atoms with Crippen molar-refractivity contribution >= 4 is 0 Å². The number of benzene rings is 1. The number of nitrogens with one attached hydrogen (secondary N) is 1. The van der Waals surface area contributed by atoms with Gasteiger partial charge in [-0.25, -0.2) is 0 Å². The summed E-state index contributed by atoms with van der Waals surface area (Å²) in [5.74, 6) is 0. The maximum Gasteiger partial charge on any atom is 0.0697 e. The molecule has 2 rings (SSSR count). The highest BCUT2D eigenvalue weighted by molar-refractivity contribution is 5.15. The molecule has 2 aromatic rings. The molecule has 0 radical (unpaired) electrons. The highest BCUT2D eigenvalue weighted by Crippen LogP contribution is 2.03. The van der Waals surface area contributed by atoms with E-state index in [2.05, 4.69) is 28.7 Å². The van der Waals surface area contributed by atoms with Crippen LogP contribution in [-0.4, -0.2) is 41.3 Å². The molecule has 0 atom stereocenters. The molecule has 0 saturated heterocycles. The molecule has 5 nitrogen and oxygen atoms in total. The third-order valence-electron chi connectivity index (χ3n) is 3.08. The van der Waals surface area contributed by atoms with E-state index < -0.39 is 0 Å². The van der Waals surface area contributed by atoms with E-state index in [0.717, 1.165) is 26.1 Å². The number of aromatic nitrogens is 2. The van der Waals surface area contributed by atoms with E-state index >= 15 is 0 Å². The lowest BCUT2D eigenvalue weighted by molar-refractivity contribution is 0.0907. The molecular formula is C16H23N3O2. The molecule has 1 heterocycles. The van der Waals surface area contributed by atoms with Crippen molar-refractivity contribution in [1.29, 1.82) is 0 Å². The average molecular weight is 289 g/mol. The fourth-order valence-corrected chi connectivity index (χ4v) is 2.05. The average Bonchev–Trinajstić information content (AvgIpc) is 2.95. The molecule has 1 aromatic carbocycles. The van der Waals surface area contributed by atoms with Crippen LogP contribution in [0.5, 0.6) is 0 Å². The van der Waals surface area contributed by atoms with Crippen LogP contribution in [0.3, 0.4) is 0 Å². The molecule has 0 fully saturated rings. The Morgan fingerprint density at radius 1 is 1.14 bits per heavy atom. The number of hydrogen-bond acceptors (Lipinski definition) is 4. The van der Waals surface area contributed by atoms with Crippen LogP contribution in [-0.2, 0) is 17.8 Å². The zero-order valence-corrected chi connectivity index (χ0v) is 12.2. The van der Waals surface area contributed by atoms with Crippen LogP contribution in [0.2, 0.25) is 0 Å². The van der Waals surface area contributed by atoms with E-state index in [9.17, 15) is 0 Å². The van der Waals surface area contributed by atoms with Crippen molar-refractivity contribution in [3.05, 3.63) is 53.9 Å². The van der Waals surface area contributed by atoms with Gasteiger partial charge in [0.1, 0.15) is 0 Å². The van der Waals surface area contributed by atoms with Crippen LogP contribution in [0.1, 0.15) is 17.5 Å². The molecule has 0 spiro atoms. The quantitative estimate of drug-likeness (QED) is 0.650. The Kier molecular flexibility index (Phi) is 6.94. The molecule has 0 aliphatic heterocycles. The van der Waals surface area contributed by atoms with E-state index in [-0.39, 0.29) is 6.61 Å². The lowest BCUT2D eigenvalue weighted by atomic mass is 10.2. The summed E-state index contributed by atoms with van der Waals surface area (Å²) in [7, 11) is 0. The highest BCUT2D eigenvalue weighted by atomic mass is 16.5. The van der Waals surface area contributed by atoms with Gasteiger partial charge in [-0.05, 0) is 18.5 Å². The van der Waals surface area contributed by atoms with E-state index in [4.69, 9.17) is 9.84 Å². The Hall–Kier alpha value is -1.69. The van der Waals surface area contributed by atoms with E-state index in [1.165, 1.54) is 11.1 Å². The minimum atomic E-state index is 0.0913. The number of nitrogens with zero attached hydrogens (tertiary/aromatic N) is 2. The Labute approximate surface area is 125 Å². The lowest BCUT2D eigenvalue weighted by Crippen LogP contribution is -2.16. The summed E-state index contributed by atoms with van der Waals surface area (Å²) in [5, 5.41) is 16.3. The summed E-state index contributed by atoms with van der Waals surface area (Å²) in [6.45, 7) is 3.71. The van der Waals surface area contributed by atoms with Crippen LogP contribution in [0.4, 0.5) is 0 Å². The van der Waals surface area contributed by atoms with Crippen LogP contribution >= 0.6 is 0 Å². The Bertz CT molecular complexity index is 499. The van der Waals surface area contributed by atoms with Gasteiger partial charge in [-0.1, -0.05) is 30.3 Å². The first-order chi connectivity index (χ1) is 10.4. The van der Waals surface area contributed by atoms with Crippen molar-refractivity contribution in [2.45, 2.75) is 19.5 Å². The maximum atomic E-state index is 8.58. The summed E-state index contributed by atoms with van der Waals surface area (Å²) >= 11 is 0. The molecular weight excluding hydrogens is 266 g/mol. The van der Waals surface area contributed by atoms with Gasteiger partial charge in [0.05, 0.1) is 26.0 Å². The van der Waals surface area contributed by atoms with Gasteiger partial charge in [-0.3, -0.25) is 4.68 Å². The van der Waals surface area contributed by atoms with Gasteiger partial charge in [0.25, 0.3) is 0 Å². The van der Waals surface area contributed by atoms with Gasteiger partial charge in [0, 0.05) is 24.9 Å². The first kappa shape index (κ1) is 15.7. The van der Waals surface area contributed by atoms with Crippen molar-refractivity contribution < 1.29 is 9.84 Å². The molecule has 5 heteroatoms.